The molecule has 0 aromatic heterocycles. The minimum Gasteiger partial charge on any atom is -0.393 e. The second kappa shape index (κ2) is 4.94. The van der Waals surface area contributed by atoms with Gasteiger partial charge in [-0.25, -0.2) is 0 Å². The summed E-state index contributed by atoms with van der Waals surface area (Å²) < 4.78 is 0. The highest BCUT2D eigenvalue weighted by Crippen LogP contribution is 2.65. The first-order valence-electron chi connectivity index (χ1n) is 9.48. The van der Waals surface area contributed by atoms with Crippen LogP contribution in [0.1, 0.15) is 65.2 Å². The maximum absolute atomic E-state index is 10.6. The minimum atomic E-state index is -0.308. The van der Waals surface area contributed by atoms with E-state index in [0.717, 1.165) is 37.5 Å². The highest BCUT2D eigenvalue weighted by Gasteiger charge is 2.61. The lowest BCUT2D eigenvalue weighted by atomic mass is 9.45. The van der Waals surface area contributed by atoms with Gasteiger partial charge in [-0.15, -0.1) is 0 Å². The summed E-state index contributed by atoms with van der Waals surface area (Å²) in [7, 11) is 0. The maximum Gasteiger partial charge on any atom is 0.0747 e. The van der Waals surface area contributed by atoms with Crippen LogP contribution < -0.4 is 5.73 Å². The van der Waals surface area contributed by atoms with E-state index in [0.29, 0.717) is 17.3 Å². The number of hydrogen-bond donors (Lipinski definition) is 3. The summed E-state index contributed by atoms with van der Waals surface area (Å²) in [6.45, 7) is 4.80. The van der Waals surface area contributed by atoms with E-state index in [-0.39, 0.29) is 23.7 Å². The lowest BCUT2D eigenvalue weighted by Crippen LogP contribution is -2.54. The summed E-state index contributed by atoms with van der Waals surface area (Å²) in [4.78, 5) is 0. The molecule has 0 unspecified atom stereocenters. The Kier molecular flexibility index (Phi) is 3.46. The van der Waals surface area contributed by atoms with Crippen LogP contribution in [0.15, 0.2) is 0 Å². The van der Waals surface area contributed by atoms with E-state index in [9.17, 15) is 10.2 Å². The Balaban J connectivity index is 1.63. The summed E-state index contributed by atoms with van der Waals surface area (Å²) in [6, 6.07) is -0.0209. The Hall–Kier alpha value is -0.120. The summed E-state index contributed by atoms with van der Waals surface area (Å²) in [6.07, 6.45) is 8.79. The Morgan fingerprint density at radius 2 is 1.59 bits per heavy atom. The van der Waals surface area contributed by atoms with Crippen LogP contribution in [0.25, 0.3) is 0 Å². The molecular weight excluding hydrogens is 274 g/mol. The first-order valence-corrected chi connectivity index (χ1v) is 9.48. The maximum atomic E-state index is 10.6. The molecule has 0 aliphatic heterocycles. The average Bonchev–Trinajstić information content (AvgIpc) is 2.72. The third-order valence-corrected chi connectivity index (χ3v) is 8.68. The van der Waals surface area contributed by atoms with Crippen LogP contribution in [0.2, 0.25) is 0 Å². The molecule has 3 nitrogen and oxygen atoms in total. The summed E-state index contributed by atoms with van der Waals surface area (Å²) in [5.74, 6) is 2.86. The van der Waals surface area contributed by atoms with E-state index in [1.807, 2.05) is 0 Å². The van der Waals surface area contributed by atoms with Gasteiger partial charge in [0, 0.05) is 6.04 Å². The predicted molar refractivity (Wildman–Crippen MR) is 87.1 cm³/mol. The van der Waals surface area contributed by atoms with Gasteiger partial charge in [0.15, 0.2) is 0 Å². The molecule has 0 aromatic carbocycles. The van der Waals surface area contributed by atoms with Crippen molar-refractivity contribution in [3.63, 3.8) is 0 Å². The van der Waals surface area contributed by atoms with Gasteiger partial charge < -0.3 is 15.9 Å². The number of fused-ring (bicyclic) bond motifs is 5. The molecule has 9 atom stereocenters. The van der Waals surface area contributed by atoms with Crippen molar-refractivity contribution in [2.75, 3.05) is 0 Å². The summed E-state index contributed by atoms with van der Waals surface area (Å²) in [5.41, 5.74) is 6.72. The first kappa shape index (κ1) is 15.4. The van der Waals surface area contributed by atoms with Gasteiger partial charge in [-0.05, 0) is 85.9 Å². The quantitative estimate of drug-likeness (QED) is 0.644. The van der Waals surface area contributed by atoms with Crippen molar-refractivity contribution in [2.24, 2.45) is 40.2 Å². The van der Waals surface area contributed by atoms with E-state index in [1.54, 1.807) is 0 Å². The van der Waals surface area contributed by atoms with Crippen molar-refractivity contribution >= 4 is 0 Å². The lowest BCUT2D eigenvalue weighted by molar-refractivity contribution is -0.134. The highest BCUT2D eigenvalue weighted by molar-refractivity contribution is 5.12. The third-order valence-electron chi connectivity index (χ3n) is 8.68. The second-order valence-corrected chi connectivity index (χ2v) is 9.47. The Morgan fingerprint density at radius 1 is 0.864 bits per heavy atom. The highest BCUT2D eigenvalue weighted by atomic mass is 16.3. The van der Waals surface area contributed by atoms with E-state index < -0.39 is 0 Å². The molecule has 4 aliphatic carbocycles. The van der Waals surface area contributed by atoms with Gasteiger partial charge in [0.1, 0.15) is 0 Å². The molecule has 0 heterocycles. The molecular formula is C19H33NO2. The van der Waals surface area contributed by atoms with Gasteiger partial charge in [0.05, 0.1) is 12.2 Å². The smallest absolute Gasteiger partial charge is 0.0747 e. The van der Waals surface area contributed by atoms with Crippen molar-refractivity contribution in [3.05, 3.63) is 0 Å². The van der Waals surface area contributed by atoms with Crippen LogP contribution >= 0.6 is 0 Å². The summed E-state index contributed by atoms with van der Waals surface area (Å²) >= 11 is 0. The fourth-order valence-corrected chi connectivity index (χ4v) is 7.31. The third kappa shape index (κ3) is 1.91. The van der Waals surface area contributed by atoms with Gasteiger partial charge >= 0.3 is 0 Å². The molecule has 4 saturated carbocycles. The summed E-state index contributed by atoms with van der Waals surface area (Å²) in [5, 5.41) is 20.7. The normalized spacial score (nSPS) is 61.2. The molecule has 0 amide bonds. The monoisotopic (exact) mass is 307 g/mol. The van der Waals surface area contributed by atoms with Gasteiger partial charge in [-0.2, -0.15) is 0 Å². The fraction of sp³-hybridized carbons (Fsp3) is 1.00. The molecule has 0 bridgehead atoms. The molecule has 0 aromatic rings. The molecule has 4 aliphatic rings. The fourth-order valence-electron chi connectivity index (χ4n) is 7.31. The zero-order valence-electron chi connectivity index (χ0n) is 14.2. The van der Waals surface area contributed by atoms with E-state index in [2.05, 4.69) is 13.8 Å². The molecule has 0 radical (unpaired) electrons. The van der Waals surface area contributed by atoms with Gasteiger partial charge in [0.25, 0.3) is 0 Å². The number of nitrogens with two attached hydrogens (primary N) is 1. The molecule has 4 rings (SSSR count). The first-order chi connectivity index (χ1) is 10.4. The molecule has 4 N–H and O–H groups in total. The Morgan fingerprint density at radius 3 is 2.36 bits per heavy atom. The second-order valence-electron chi connectivity index (χ2n) is 9.47. The van der Waals surface area contributed by atoms with Crippen LogP contribution in [-0.4, -0.2) is 28.5 Å². The number of aliphatic hydroxyl groups is 2. The number of rotatable bonds is 0. The standard InChI is InChI=1S/C19H33NO2/c1-18-7-5-12(21)9-11(18)3-4-13-14(18)6-8-19(2)15(13)10-16(20)17(19)22/h11-17,21-22H,3-10,20H2,1-2H3/t11-,12+,13+,14-,15+,16-,17-,18-,19-/m0/s1. The van der Waals surface area contributed by atoms with Gasteiger partial charge in [0.2, 0.25) is 0 Å². The van der Waals surface area contributed by atoms with Crippen molar-refractivity contribution in [1.29, 1.82) is 0 Å². The molecule has 0 spiro atoms. The largest absolute Gasteiger partial charge is 0.393 e. The van der Waals surface area contributed by atoms with Crippen molar-refractivity contribution in [3.8, 4) is 0 Å². The molecule has 4 fully saturated rings. The van der Waals surface area contributed by atoms with Crippen LogP contribution in [0.5, 0.6) is 0 Å². The molecule has 3 heteroatoms. The Labute approximate surface area is 134 Å². The van der Waals surface area contributed by atoms with Crippen LogP contribution in [-0.2, 0) is 0 Å². The zero-order valence-corrected chi connectivity index (χ0v) is 14.2. The van der Waals surface area contributed by atoms with Crippen molar-refractivity contribution in [2.45, 2.75) is 83.5 Å². The number of aliphatic hydroxyl groups excluding tert-OH is 2. The minimum absolute atomic E-state index is 0.0209. The van der Waals surface area contributed by atoms with E-state index in [4.69, 9.17) is 5.73 Å². The molecule has 126 valence electrons. The van der Waals surface area contributed by atoms with Crippen molar-refractivity contribution in [1.82, 2.24) is 0 Å². The van der Waals surface area contributed by atoms with E-state index >= 15 is 0 Å². The lowest BCUT2D eigenvalue weighted by Gasteiger charge is -2.60. The SMILES string of the molecule is C[C@]12CC[C@H]3[C@@H](CC[C@H]4C[C@H](O)CC[C@@]43C)[C@H]1C[C@H](N)[C@@H]2O. The average molecular weight is 307 g/mol. The van der Waals surface area contributed by atoms with Crippen molar-refractivity contribution < 1.29 is 10.2 Å². The Bertz CT molecular complexity index is 455. The topological polar surface area (TPSA) is 66.5 Å². The van der Waals surface area contributed by atoms with Crippen LogP contribution in [0, 0.1) is 34.5 Å². The molecule has 0 saturated heterocycles. The van der Waals surface area contributed by atoms with Crippen LogP contribution in [0.4, 0.5) is 0 Å². The van der Waals surface area contributed by atoms with Gasteiger partial charge in [-0.3, -0.25) is 0 Å². The molecule has 22 heavy (non-hydrogen) atoms. The van der Waals surface area contributed by atoms with Crippen LogP contribution in [0.3, 0.4) is 0 Å². The zero-order chi connectivity index (χ0) is 15.7. The number of hydrogen-bond acceptors (Lipinski definition) is 3. The van der Waals surface area contributed by atoms with E-state index in [1.165, 1.54) is 25.7 Å². The predicted octanol–water partition coefficient (Wildman–Crippen LogP) is 2.69. The van der Waals surface area contributed by atoms with Gasteiger partial charge in [-0.1, -0.05) is 13.8 Å².